The lowest BCUT2D eigenvalue weighted by atomic mass is 10.0. The van der Waals surface area contributed by atoms with Gasteiger partial charge in [-0.2, -0.15) is 4.31 Å². The molecule has 2 rings (SSSR count). The van der Waals surface area contributed by atoms with Crippen LogP contribution >= 0.6 is 24.0 Å². The van der Waals surface area contributed by atoms with Crippen molar-refractivity contribution in [2.45, 2.75) is 37.1 Å². The second kappa shape index (κ2) is 7.29. The number of hydrogen-bond acceptors (Lipinski definition) is 3. The van der Waals surface area contributed by atoms with Gasteiger partial charge in [0.15, 0.2) is 0 Å². The van der Waals surface area contributed by atoms with Gasteiger partial charge in [0.25, 0.3) is 0 Å². The molecule has 4 nitrogen and oxygen atoms in total. The van der Waals surface area contributed by atoms with Crippen molar-refractivity contribution in [2.75, 3.05) is 20.1 Å². The van der Waals surface area contributed by atoms with Gasteiger partial charge in [-0.15, -0.1) is 12.4 Å². The van der Waals surface area contributed by atoms with Crippen molar-refractivity contribution in [1.82, 2.24) is 9.62 Å². The summed E-state index contributed by atoms with van der Waals surface area (Å²) in [5.74, 6) is 0.268. The Bertz CT molecular complexity index is 591. The van der Waals surface area contributed by atoms with E-state index in [-0.39, 0.29) is 29.3 Å². The molecule has 1 aromatic carbocycles. The van der Waals surface area contributed by atoms with E-state index in [9.17, 15) is 8.42 Å². The van der Waals surface area contributed by atoms with Crippen LogP contribution in [0.2, 0.25) is 5.02 Å². The molecule has 7 heteroatoms. The monoisotopic (exact) mass is 352 g/mol. The van der Waals surface area contributed by atoms with Gasteiger partial charge in [0.1, 0.15) is 4.90 Å². The Labute approximate surface area is 138 Å². The number of sulfonamides is 1. The molecule has 1 N–H and O–H groups in total. The molecule has 21 heavy (non-hydrogen) atoms. The van der Waals surface area contributed by atoms with Gasteiger partial charge in [0.2, 0.25) is 10.0 Å². The Morgan fingerprint density at radius 1 is 1.38 bits per heavy atom. The van der Waals surface area contributed by atoms with Crippen LogP contribution in [-0.4, -0.2) is 38.9 Å². The molecule has 1 unspecified atom stereocenters. The molecule has 0 bridgehead atoms. The predicted octanol–water partition coefficient (Wildman–Crippen LogP) is 2.87. The van der Waals surface area contributed by atoms with Crippen LogP contribution < -0.4 is 5.32 Å². The van der Waals surface area contributed by atoms with E-state index in [1.54, 1.807) is 12.1 Å². The van der Waals surface area contributed by atoms with E-state index < -0.39 is 10.0 Å². The minimum absolute atomic E-state index is 0. The fourth-order valence-electron chi connectivity index (χ4n) is 2.40. The number of nitrogens with one attached hydrogen (secondary N) is 1. The summed E-state index contributed by atoms with van der Waals surface area (Å²) in [4.78, 5) is 0.224. The molecule has 0 saturated carbocycles. The van der Waals surface area contributed by atoms with Crippen LogP contribution in [0, 0.1) is 0 Å². The smallest absolute Gasteiger partial charge is 0.244 e. The maximum Gasteiger partial charge on any atom is 0.244 e. The van der Waals surface area contributed by atoms with Crippen molar-refractivity contribution < 1.29 is 8.42 Å². The Hall–Kier alpha value is -0.330. The molecule has 1 saturated heterocycles. The summed E-state index contributed by atoms with van der Waals surface area (Å²) in [6, 6.07) is 5.48. The van der Waals surface area contributed by atoms with E-state index >= 15 is 0 Å². The average Bonchev–Trinajstić information content (AvgIpc) is 2.88. The van der Waals surface area contributed by atoms with E-state index in [0.717, 1.165) is 12.0 Å². The number of rotatable bonds is 4. The Morgan fingerprint density at radius 2 is 2.05 bits per heavy atom. The van der Waals surface area contributed by atoms with Crippen LogP contribution in [0.3, 0.4) is 0 Å². The minimum Gasteiger partial charge on any atom is -0.316 e. The van der Waals surface area contributed by atoms with Crippen LogP contribution in [0.5, 0.6) is 0 Å². The van der Waals surface area contributed by atoms with E-state index in [1.165, 1.54) is 4.31 Å². The van der Waals surface area contributed by atoms with Crippen molar-refractivity contribution in [3.63, 3.8) is 0 Å². The zero-order valence-electron chi connectivity index (χ0n) is 12.5. The Kier molecular flexibility index (Phi) is 6.50. The molecule has 0 spiro atoms. The molecule has 0 aliphatic carbocycles. The molecular weight excluding hydrogens is 331 g/mol. The maximum absolute atomic E-state index is 12.7. The average molecular weight is 353 g/mol. The molecule has 1 fully saturated rings. The minimum atomic E-state index is -3.51. The third-order valence-electron chi connectivity index (χ3n) is 3.80. The first-order chi connectivity index (χ1) is 9.36. The highest BCUT2D eigenvalue weighted by atomic mass is 35.5. The maximum atomic E-state index is 12.7. The topological polar surface area (TPSA) is 49.4 Å². The largest absolute Gasteiger partial charge is 0.316 e. The van der Waals surface area contributed by atoms with E-state index in [4.69, 9.17) is 11.6 Å². The van der Waals surface area contributed by atoms with Gasteiger partial charge >= 0.3 is 0 Å². The molecule has 0 radical (unpaired) electrons. The zero-order valence-corrected chi connectivity index (χ0v) is 14.9. The van der Waals surface area contributed by atoms with Crippen molar-refractivity contribution in [1.29, 1.82) is 0 Å². The summed E-state index contributed by atoms with van der Waals surface area (Å²) in [5, 5.41) is 3.42. The first kappa shape index (κ1) is 18.7. The number of benzene rings is 1. The zero-order chi connectivity index (χ0) is 14.9. The molecule has 1 aromatic rings. The third kappa shape index (κ3) is 3.90. The second-order valence-electron chi connectivity index (χ2n) is 5.48. The molecular formula is C14H22Cl2N2O2S. The van der Waals surface area contributed by atoms with Gasteiger partial charge in [-0.05, 0) is 37.1 Å². The van der Waals surface area contributed by atoms with E-state index in [1.807, 2.05) is 27.0 Å². The molecule has 0 aromatic heterocycles. The first-order valence-corrected chi connectivity index (χ1v) is 8.65. The Morgan fingerprint density at radius 3 is 2.57 bits per heavy atom. The van der Waals surface area contributed by atoms with Crippen molar-refractivity contribution >= 4 is 34.0 Å². The van der Waals surface area contributed by atoms with Crippen molar-refractivity contribution in [3.05, 3.63) is 28.8 Å². The van der Waals surface area contributed by atoms with Crippen molar-refractivity contribution in [2.24, 2.45) is 0 Å². The molecule has 120 valence electrons. The highest BCUT2D eigenvalue weighted by Crippen LogP contribution is 2.30. The van der Waals surface area contributed by atoms with Crippen LogP contribution in [0.25, 0.3) is 0 Å². The van der Waals surface area contributed by atoms with Crippen molar-refractivity contribution in [3.8, 4) is 0 Å². The second-order valence-corrected chi connectivity index (χ2v) is 7.80. The normalized spacial score (nSPS) is 19.8. The van der Waals surface area contributed by atoms with Gasteiger partial charge in [0.05, 0.1) is 5.02 Å². The number of likely N-dealkylation sites (N-methyl/N-ethyl adjacent to an activating group) is 1. The third-order valence-corrected chi connectivity index (χ3v) is 6.15. The SMILES string of the molecule is CNC1CCN(S(=O)(=O)c2cc(C(C)C)ccc2Cl)C1.Cl. The fourth-order valence-corrected chi connectivity index (χ4v) is 4.41. The van der Waals surface area contributed by atoms with Gasteiger partial charge in [-0.1, -0.05) is 31.5 Å². The predicted molar refractivity (Wildman–Crippen MR) is 89.0 cm³/mol. The lowest BCUT2D eigenvalue weighted by molar-refractivity contribution is 0.464. The summed E-state index contributed by atoms with van der Waals surface area (Å²) in [5.41, 5.74) is 0.984. The van der Waals surface area contributed by atoms with E-state index in [2.05, 4.69) is 5.32 Å². The summed E-state index contributed by atoms with van der Waals surface area (Å²) in [6.07, 6.45) is 0.831. The summed E-state index contributed by atoms with van der Waals surface area (Å²) in [6.45, 7) is 5.11. The highest BCUT2D eigenvalue weighted by molar-refractivity contribution is 7.89. The van der Waals surface area contributed by atoms with Crippen LogP contribution in [0.1, 0.15) is 31.7 Å². The number of hydrogen-bond donors (Lipinski definition) is 1. The molecule has 1 aliphatic rings. The number of halogens is 2. The van der Waals surface area contributed by atoms with Gasteiger partial charge in [-0.25, -0.2) is 8.42 Å². The molecule has 1 heterocycles. The van der Waals surface area contributed by atoms with Crippen LogP contribution in [0.4, 0.5) is 0 Å². The fraction of sp³-hybridized carbons (Fsp3) is 0.571. The standard InChI is InChI=1S/C14H21ClN2O2S.ClH/c1-10(2)11-4-5-13(15)14(8-11)20(18,19)17-7-6-12(9-17)16-3;/h4-5,8,10,12,16H,6-7,9H2,1-3H3;1H. The first-order valence-electron chi connectivity index (χ1n) is 6.83. The summed E-state index contributed by atoms with van der Waals surface area (Å²) in [7, 11) is -1.65. The van der Waals surface area contributed by atoms with Crippen LogP contribution in [0.15, 0.2) is 23.1 Å². The van der Waals surface area contributed by atoms with E-state index in [0.29, 0.717) is 18.1 Å². The number of nitrogens with zero attached hydrogens (tertiary/aromatic N) is 1. The van der Waals surface area contributed by atoms with Gasteiger partial charge < -0.3 is 5.32 Å². The lowest BCUT2D eigenvalue weighted by Crippen LogP contribution is -2.33. The quantitative estimate of drug-likeness (QED) is 0.906. The summed E-state index contributed by atoms with van der Waals surface area (Å²) < 4.78 is 26.9. The lowest BCUT2D eigenvalue weighted by Gasteiger charge is -2.18. The highest BCUT2D eigenvalue weighted by Gasteiger charge is 2.33. The molecule has 1 aliphatic heterocycles. The summed E-state index contributed by atoms with van der Waals surface area (Å²) >= 11 is 6.11. The molecule has 0 amide bonds. The molecule has 1 atom stereocenters. The Balaban J connectivity index is 0.00000220. The van der Waals surface area contributed by atoms with Gasteiger partial charge in [0, 0.05) is 19.1 Å². The van der Waals surface area contributed by atoms with Crippen LogP contribution in [-0.2, 0) is 10.0 Å². The van der Waals surface area contributed by atoms with Gasteiger partial charge in [-0.3, -0.25) is 0 Å².